The van der Waals surface area contributed by atoms with Crippen LogP contribution in [0.3, 0.4) is 0 Å². The molecule has 0 spiro atoms. The lowest BCUT2D eigenvalue weighted by atomic mass is 10.0. The van der Waals surface area contributed by atoms with Crippen LogP contribution in [0.5, 0.6) is 0 Å². The Hall–Kier alpha value is -3.47. The van der Waals surface area contributed by atoms with Gasteiger partial charge in [0.2, 0.25) is 0 Å². The van der Waals surface area contributed by atoms with Gasteiger partial charge in [-0.05, 0) is 40.8 Å². The zero-order valence-electron chi connectivity index (χ0n) is 12.7. The molecule has 0 aliphatic carbocycles. The van der Waals surface area contributed by atoms with Gasteiger partial charge in [0.05, 0.1) is 10.4 Å². The Labute approximate surface area is 138 Å². The molecule has 2 aromatic carbocycles. The van der Waals surface area contributed by atoms with Crippen molar-refractivity contribution in [2.75, 3.05) is 0 Å². The number of aromatic nitrogens is 2. The molecule has 0 aliphatic heterocycles. The number of benzene rings is 2. The molecular formula is C19H13N3O2. The first-order valence-corrected chi connectivity index (χ1v) is 7.49. The molecule has 0 amide bonds. The minimum atomic E-state index is -0.373. The fourth-order valence-electron chi connectivity index (χ4n) is 2.84. The Morgan fingerprint density at radius 3 is 2.50 bits per heavy atom. The first kappa shape index (κ1) is 14.1. The summed E-state index contributed by atoms with van der Waals surface area (Å²) in [6.45, 7) is 0. The highest BCUT2D eigenvalue weighted by molar-refractivity contribution is 5.87. The summed E-state index contributed by atoms with van der Waals surface area (Å²) in [5, 5.41) is 12.1. The number of non-ortho nitro benzene ring substituents is 1. The van der Waals surface area contributed by atoms with Crippen LogP contribution in [0.25, 0.3) is 27.7 Å². The van der Waals surface area contributed by atoms with Crippen LogP contribution in [0.15, 0.2) is 79.3 Å². The van der Waals surface area contributed by atoms with E-state index in [1.165, 1.54) is 6.07 Å². The summed E-state index contributed by atoms with van der Waals surface area (Å²) in [5.41, 5.74) is 3.94. The molecule has 116 valence electrons. The molecule has 24 heavy (non-hydrogen) atoms. The fraction of sp³-hybridized carbons (Fsp3) is 0. The highest BCUT2D eigenvalue weighted by Crippen LogP contribution is 2.28. The van der Waals surface area contributed by atoms with E-state index in [4.69, 9.17) is 0 Å². The second-order valence-corrected chi connectivity index (χ2v) is 5.47. The first-order valence-electron chi connectivity index (χ1n) is 7.49. The van der Waals surface area contributed by atoms with Crippen molar-refractivity contribution in [1.82, 2.24) is 9.55 Å². The summed E-state index contributed by atoms with van der Waals surface area (Å²) >= 11 is 0. The van der Waals surface area contributed by atoms with Gasteiger partial charge in [-0.25, -0.2) is 0 Å². The largest absolute Gasteiger partial charge is 0.316 e. The van der Waals surface area contributed by atoms with Gasteiger partial charge in [-0.3, -0.25) is 15.1 Å². The Morgan fingerprint density at radius 1 is 0.917 bits per heavy atom. The normalized spacial score (nSPS) is 10.8. The predicted octanol–water partition coefficient (Wildman–Crippen LogP) is 4.60. The van der Waals surface area contributed by atoms with Crippen molar-refractivity contribution in [2.45, 2.75) is 0 Å². The minimum absolute atomic E-state index is 0.0945. The first-order chi connectivity index (χ1) is 11.7. The maximum absolute atomic E-state index is 11.0. The fourth-order valence-corrected chi connectivity index (χ4v) is 2.84. The van der Waals surface area contributed by atoms with Crippen LogP contribution in [0.1, 0.15) is 0 Å². The van der Waals surface area contributed by atoms with Gasteiger partial charge in [-0.1, -0.05) is 24.3 Å². The van der Waals surface area contributed by atoms with Crippen LogP contribution >= 0.6 is 0 Å². The monoisotopic (exact) mass is 315 g/mol. The molecule has 0 fully saturated rings. The summed E-state index contributed by atoms with van der Waals surface area (Å²) in [7, 11) is 0. The minimum Gasteiger partial charge on any atom is -0.316 e. The van der Waals surface area contributed by atoms with E-state index >= 15 is 0 Å². The molecule has 0 saturated heterocycles. The number of nitrogens with zero attached hydrogens (tertiary/aromatic N) is 3. The number of nitro groups is 1. The van der Waals surface area contributed by atoms with E-state index in [0.29, 0.717) is 0 Å². The van der Waals surface area contributed by atoms with E-state index in [1.807, 2.05) is 42.6 Å². The van der Waals surface area contributed by atoms with E-state index in [9.17, 15) is 10.1 Å². The topological polar surface area (TPSA) is 61.0 Å². The average Bonchev–Trinajstić information content (AvgIpc) is 3.05. The van der Waals surface area contributed by atoms with Gasteiger partial charge < -0.3 is 4.57 Å². The number of hydrogen-bond donors (Lipinski definition) is 0. The molecule has 5 heteroatoms. The zero-order chi connectivity index (χ0) is 16.5. The Morgan fingerprint density at radius 2 is 1.71 bits per heavy atom. The second-order valence-electron chi connectivity index (χ2n) is 5.47. The quantitative estimate of drug-likeness (QED) is 0.410. The molecule has 4 rings (SSSR count). The molecule has 2 heterocycles. The average molecular weight is 315 g/mol. The van der Waals surface area contributed by atoms with Crippen LogP contribution in [-0.2, 0) is 0 Å². The Bertz CT molecular complexity index is 1040. The summed E-state index contributed by atoms with van der Waals surface area (Å²) in [6, 6.07) is 18.7. The SMILES string of the molecule is O=[N+]([O-])c1cccc(-c2ccc3ccn(-c4ccncc4)c3c2)c1. The summed E-state index contributed by atoms with van der Waals surface area (Å²) in [5.74, 6) is 0. The van der Waals surface area contributed by atoms with Gasteiger partial charge in [0.15, 0.2) is 0 Å². The molecule has 0 atom stereocenters. The van der Waals surface area contributed by atoms with E-state index < -0.39 is 0 Å². The van der Waals surface area contributed by atoms with Crippen molar-refractivity contribution in [2.24, 2.45) is 0 Å². The molecule has 0 radical (unpaired) electrons. The second kappa shape index (κ2) is 5.62. The van der Waals surface area contributed by atoms with Crippen LogP contribution < -0.4 is 0 Å². The van der Waals surface area contributed by atoms with Crippen molar-refractivity contribution < 1.29 is 4.92 Å². The van der Waals surface area contributed by atoms with E-state index in [-0.39, 0.29) is 10.6 Å². The van der Waals surface area contributed by atoms with Gasteiger partial charge in [0.1, 0.15) is 0 Å². The molecule has 0 N–H and O–H groups in total. The van der Waals surface area contributed by atoms with E-state index in [1.54, 1.807) is 24.5 Å². The van der Waals surface area contributed by atoms with Crippen LogP contribution in [0.2, 0.25) is 0 Å². The summed E-state index contributed by atoms with van der Waals surface area (Å²) < 4.78 is 2.08. The van der Waals surface area contributed by atoms with Crippen molar-refractivity contribution in [3.8, 4) is 16.8 Å². The van der Waals surface area contributed by atoms with Crippen molar-refractivity contribution in [1.29, 1.82) is 0 Å². The van der Waals surface area contributed by atoms with Crippen molar-refractivity contribution in [3.63, 3.8) is 0 Å². The molecule has 0 unspecified atom stereocenters. The van der Waals surface area contributed by atoms with Crippen LogP contribution in [-0.4, -0.2) is 14.5 Å². The maximum atomic E-state index is 11.0. The standard InChI is InChI=1S/C19H13N3O2/c23-22(24)18-3-1-2-15(12-18)16-5-4-14-8-11-21(19(14)13-16)17-6-9-20-10-7-17/h1-13H. The third-order valence-electron chi connectivity index (χ3n) is 4.02. The van der Waals surface area contributed by atoms with Crippen molar-refractivity contribution in [3.05, 3.63) is 89.4 Å². The predicted molar refractivity (Wildman–Crippen MR) is 93.2 cm³/mol. The highest BCUT2D eigenvalue weighted by Gasteiger charge is 2.09. The third-order valence-corrected chi connectivity index (χ3v) is 4.02. The number of nitro benzene ring substituents is 1. The molecule has 4 aromatic rings. The lowest BCUT2D eigenvalue weighted by molar-refractivity contribution is -0.384. The Balaban J connectivity index is 1.86. The summed E-state index contributed by atoms with van der Waals surface area (Å²) in [4.78, 5) is 14.7. The lowest BCUT2D eigenvalue weighted by Gasteiger charge is -2.07. The van der Waals surface area contributed by atoms with Gasteiger partial charge in [0, 0.05) is 36.4 Å². The highest BCUT2D eigenvalue weighted by atomic mass is 16.6. The van der Waals surface area contributed by atoms with Crippen molar-refractivity contribution >= 4 is 16.6 Å². The molecule has 2 aromatic heterocycles. The van der Waals surface area contributed by atoms with E-state index in [0.717, 1.165) is 27.7 Å². The Kier molecular flexibility index (Phi) is 3.31. The molecule has 5 nitrogen and oxygen atoms in total. The third kappa shape index (κ3) is 2.42. The molecular weight excluding hydrogens is 302 g/mol. The van der Waals surface area contributed by atoms with Gasteiger partial charge in [-0.2, -0.15) is 0 Å². The zero-order valence-corrected chi connectivity index (χ0v) is 12.7. The number of rotatable bonds is 3. The lowest BCUT2D eigenvalue weighted by Crippen LogP contribution is -1.92. The van der Waals surface area contributed by atoms with Gasteiger partial charge >= 0.3 is 0 Å². The smallest absolute Gasteiger partial charge is 0.270 e. The number of pyridine rings is 1. The number of fused-ring (bicyclic) bond motifs is 1. The molecule has 0 aliphatic rings. The molecule has 0 saturated carbocycles. The molecule has 0 bridgehead atoms. The van der Waals surface area contributed by atoms with Gasteiger partial charge in [-0.15, -0.1) is 0 Å². The van der Waals surface area contributed by atoms with E-state index in [2.05, 4.69) is 15.6 Å². The maximum Gasteiger partial charge on any atom is 0.270 e. The number of hydrogen-bond acceptors (Lipinski definition) is 3. The van der Waals surface area contributed by atoms with Gasteiger partial charge in [0.25, 0.3) is 5.69 Å². The summed E-state index contributed by atoms with van der Waals surface area (Å²) in [6.07, 6.45) is 5.52. The van der Waals surface area contributed by atoms with Crippen LogP contribution in [0.4, 0.5) is 5.69 Å². The van der Waals surface area contributed by atoms with Crippen LogP contribution in [0, 0.1) is 10.1 Å².